The van der Waals surface area contributed by atoms with Crippen LogP contribution in [-0.2, 0) is 18.9 Å². The van der Waals surface area contributed by atoms with Crippen molar-refractivity contribution in [2.24, 2.45) is 19.2 Å². The van der Waals surface area contributed by atoms with E-state index in [0.29, 0.717) is 17.0 Å². The summed E-state index contributed by atoms with van der Waals surface area (Å²) in [4.78, 5) is 36.4. The third-order valence-corrected chi connectivity index (χ3v) is 5.42. The summed E-state index contributed by atoms with van der Waals surface area (Å²) in [5.74, 6) is -1.57. The van der Waals surface area contributed by atoms with Crippen molar-refractivity contribution in [3.8, 4) is 0 Å². The second kappa shape index (κ2) is 7.00. The molecule has 0 bridgehead atoms. The zero-order valence-electron chi connectivity index (χ0n) is 16.4. The second-order valence-electron chi connectivity index (χ2n) is 6.98. The van der Waals surface area contributed by atoms with E-state index in [4.69, 9.17) is 11.6 Å². The molecule has 0 atom stereocenters. The number of hydrogen-bond acceptors (Lipinski definition) is 4. The van der Waals surface area contributed by atoms with Gasteiger partial charge in [-0.25, -0.2) is 9.59 Å². The third kappa shape index (κ3) is 3.02. The lowest BCUT2D eigenvalue weighted by Crippen LogP contribution is -2.21. The third-order valence-electron chi connectivity index (χ3n) is 5.09. The van der Waals surface area contributed by atoms with Gasteiger partial charge in [-0.15, -0.1) is 0 Å². The standard InChI is InChI=1S/C21H17ClN4O4/c1-11-14(8-12-4-7-17-18(9-12)25(3)21(30)24(17)2)19(27)26(23-11)13-5-6-16(22)15(10-13)20(28)29/h4-10H,1-3H3,(H,28,29)/b14-8-. The molecule has 0 unspecified atom stereocenters. The minimum atomic E-state index is -1.19. The average Bonchev–Trinajstić information content (AvgIpc) is 3.11. The summed E-state index contributed by atoms with van der Waals surface area (Å²) in [5, 5.41) is 14.8. The van der Waals surface area contributed by atoms with Crippen molar-refractivity contribution in [3.05, 3.63) is 68.6 Å². The predicted molar refractivity (Wildman–Crippen MR) is 115 cm³/mol. The van der Waals surface area contributed by atoms with E-state index in [1.165, 1.54) is 18.2 Å². The second-order valence-corrected chi connectivity index (χ2v) is 7.39. The molecule has 0 saturated heterocycles. The molecule has 1 aliphatic heterocycles. The molecule has 0 saturated carbocycles. The molecular formula is C21H17ClN4O4. The summed E-state index contributed by atoms with van der Waals surface area (Å²) in [6.07, 6.45) is 1.70. The van der Waals surface area contributed by atoms with Crippen LogP contribution < -0.4 is 10.7 Å². The molecule has 8 nitrogen and oxygen atoms in total. The Morgan fingerprint density at radius 1 is 1.07 bits per heavy atom. The number of benzene rings is 2. The maximum atomic E-state index is 13.0. The summed E-state index contributed by atoms with van der Waals surface area (Å²) in [7, 11) is 3.40. The number of hydrazone groups is 1. The van der Waals surface area contributed by atoms with Crippen molar-refractivity contribution >= 4 is 52.0 Å². The number of nitrogens with zero attached hydrogens (tertiary/aromatic N) is 4. The maximum absolute atomic E-state index is 13.0. The van der Waals surface area contributed by atoms with E-state index in [9.17, 15) is 19.5 Å². The van der Waals surface area contributed by atoms with Gasteiger partial charge in [-0.2, -0.15) is 10.1 Å². The van der Waals surface area contributed by atoms with Crippen LogP contribution in [-0.4, -0.2) is 31.8 Å². The summed E-state index contributed by atoms with van der Waals surface area (Å²) in [5.41, 5.74) is 3.22. The number of carbonyl (C=O) groups excluding carboxylic acids is 1. The molecule has 2 heterocycles. The monoisotopic (exact) mass is 424 g/mol. The largest absolute Gasteiger partial charge is 0.478 e. The SMILES string of the molecule is CC1=NN(c2ccc(Cl)c(C(=O)O)c2)C(=O)/C1=C\c1ccc2c(c1)n(C)c(=O)n2C. The van der Waals surface area contributed by atoms with Crippen molar-refractivity contribution in [1.29, 1.82) is 0 Å². The van der Waals surface area contributed by atoms with Crippen LogP contribution in [0.5, 0.6) is 0 Å². The Morgan fingerprint density at radius 3 is 2.47 bits per heavy atom. The normalized spacial score (nSPS) is 15.3. The topological polar surface area (TPSA) is 96.9 Å². The molecule has 1 amide bonds. The molecule has 152 valence electrons. The van der Waals surface area contributed by atoms with Crippen molar-refractivity contribution in [2.75, 3.05) is 5.01 Å². The molecule has 1 aliphatic rings. The Balaban J connectivity index is 1.74. The van der Waals surface area contributed by atoms with Gasteiger partial charge in [0.25, 0.3) is 5.91 Å². The molecule has 0 aliphatic carbocycles. The van der Waals surface area contributed by atoms with Gasteiger partial charge in [-0.3, -0.25) is 13.9 Å². The molecule has 0 fully saturated rings. The number of carboxylic acid groups (broad SMARTS) is 1. The van der Waals surface area contributed by atoms with Crippen LogP contribution in [0.3, 0.4) is 0 Å². The first-order valence-corrected chi connectivity index (χ1v) is 9.37. The number of anilines is 1. The predicted octanol–water partition coefficient (Wildman–Crippen LogP) is 3.03. The van der Waals surface area contributed by atoms with Crippen LogP contribution in [0.2, 0.25) is 5.02 Å². The van der Waals surface area contributed by atoms with Crippen LogP contribution >= 0.6 is 11.6 Å². The van der Waals surface area contributed by atoms with Crippen LogP contribution in [0, 0.1) is 0 Å². The number of aromatic carboxylic acids is 1. The molecule has 9 heteroatoms. The van der Waals surface area contributed by atoms with E-state index in [1.54, 1.807) is 36.2 Å². The van der Waals surface area contributed by atoms with Crippen LogP contribution in [0.15, 0.2) is 51.9 Å². The van der Waals surface area contributed by atoms with E-state index >= 15 is 0 Å². The number of carbonyl (C=O) groups is 2. The average molecular weight is 425 g/mol. The molecule has 4 rings (SSSR count). The van der Waals surface area contributed by atoms with Crippen molar-refractivity contribution in [3.63, 3.8) is 0 Å². The summed E-state index contributed by atoms with van der Waals surface area (Å²) in [6.45, 7) is 1.70. The summed E-state index contributed by atoms with van der Waals surface area (Å²) >= 11 is 5.91. The van der Waals surface area contributed by atoms with E-state index in [-0.39, 0.29) is 22.2 Å². The molecule has 1 N–H and O–H groups in total. The number of hydrogen-bond donors (Lipinski definition) is 1. The van der Waals surface area contributed by atoms with Crippen molar-refractivity contribution < 1.29 is 14.7 Å². The highest BCUT2D eigenvalue weighted by atomic mass is 35.5. The van der Waals surface area contributed by atoms with E-state index < -0.39 is 5.97 Å². The fourth-order valence-corrected chi connectivity index (χ4v) is 3.65. The van der Waals surface area contributed by atoms with Gasteiger partial charge in [0, 0.05) is 14.1 Å². The molecular weight excluding hydrogens is 408 g/mol. The first-order valence-electron chi connectivity index (χ1n) is 8.99. The Kier molecular flexibility index (Phi) is 4.58. The lowest BCUT2D eigenvalue weighted by atomic mass is 10.1. The minimum Gasteiger partial charge on any atom is -0.478 e. The van der Waals surface area contributed by atoms with Crippen LogP contribution in [0.4, 0.5) is 5.69 Å². The Labute approximate surface area is 175 Å². The quantitative estimate of drug-likeness (QED) is 0.653. The van der Waals surface area contributed by atoms with Gasteiger partial charge in [0.05, 0.1) is 38.6 Å². The first kappa shape index (κ1) is 19.7. The molecule has 30 heavy (non-hydrogen) atoms. The lowest BCUT2D eigenvalue weighted by molar-refractivity contribution is -0.114. The highest BCUT2D eigenvalue weighted by molar-refractivity contribution is 6.34. The summed E-state index contributed by atoms with van der Waals surface area (Å²) in [6, 6.07) is 9.75. The van der Waals surface area contributed by atoms with Gasteiger partial charge in [0.15, 0.2) is 0 Å². The van der Waals surface area contributed by atoms with Crippen molar-refractivity contribution in [1.82, 2.24) is 9.13 Å². The number of rotatable bonds is 3. The zero-order valence-corrected chi connectivity index (χ0v) is 17.1. The van der Waals surface area contributed by atoms with E-state index in [1.807, 2.05) is 18.2 Å². The maximum Gasteiger partial charge on any atom is 0.337 e. The Bertz CT molecular complexity index is 1360. The smallest absolute Gasteiger partial charge is 0.337 e. The van der Waals surface area contributed by atoms with Gasteiger partial charge >= 0.3 is 11.7 Å². The highest BCUT2D eigenvalue weighted by Crippen LogP contribution is 2.29. The fourth-order valence-electron chi connectivity index (χ4n) is 3.45. The summed E-state index contributed by atoms with van der Waals surface area (Å²) < 4.78 is 3.10. The van der Waals surface area contributed by atoms with Gasteiger partial charge in [-0.1, -0.05) is 17.7 Å². The number of aromatic nitrogens is 2. The van der Waals surface area contributed by atoms with Crippen LogP contribution in [0.1, 0.15) is 22.8 Å². The van der Waals surface area contributed by atoms with Gasteiger partial charge in [0.2, 0.25) is 0 Å². The highest BCUT2D eigenvalue weighted by Gasteiger charge is 2.29. The first-order chi connectivity index (χ1) is 14.2. The van der Waals surface area contributed by atoms with Gasteiger partial charge in [-0.05, 0) is 48.9 Å². The van der Waals surface area contributed by atoms with Crippen LogP contribution in [0.25, 0.3) is 17.1 Å². The van der Waals surface area contributed by atoms with Gasteiger partial charge < -0.3 is 5.11 Å². The van der Waals surface area contributed by atoms with Crippen molar-refractivity contribution in [2.45, 2.75) is 6.92 Å². The number of amides is 1. The molecule has 3 aromatic rings. The van der Waals surface area contributed by atoms with E-state index in [0.717, 1.165) is 21.6 Å². The fraction of sp³-hybridized carbons (Fsp3) is 0.143. The number of carboxylic acids is 1. The number of imidazole rings is 1. The molecule has 0 radical (unpaired) electrons. The molecule has 1 aromatic heterocycles. The van der Waals surface area contributed by atoms with E-state index in [2.05, 4.69) is 5.10 Å². The minimum absolute atomic E-state index is 0.0798. The zero-order chi connectivity index (χ0) is 21.7. The lowest BCUT2D eigenvalue weighted by Gasteiger charge is -2.13. The Hall–Kier alpha value is -3.65. The Morgan fingerprint density at radius 2 is 1.77 bits per heavy atom. The number of fused-ring (bicyclic) bond motifs is 1. The number of halogens is 1. The molecule has 0 spiro atoms. The molecule has 2 aromatic carbocycles. The van der Waals surface area contributed by atoms with Gasteiger partial charge in [0.1, 0.15) is 0 Å². The number of aryl methyl sites for hydroxylation is 2.